The molecule has 0 saturated carbocycles. The van der Waals surface area contributed by atoms with Crippen molar-refractivity contribution in [2.24, 2.45) is 0 Å². The van der Waals surface area contributed by atoms with Gasteiger partial charge in [0.1, 0.15) is 0 Å². The molecule has 6 heteroatoms. The van der Waals surface area contributed by atoms with Gasteiger partial charge < -0.3 is 9.80 Å². The summed E-state index contributed by atoms with van der Waals surface area (Å²) in [6.07, 6.45) is 5.66. The van der Waals surface area contributed by atoms with E-state index in [2.05, 4.69) is 36.8 Å². The summed E-state index contributed by atoms with van der Waals surface area (Å²) in [4.78, 5) is 31.0. The fourth-order valence-corrected chi connectivity index (χ4v) is 3.93. The molecule has 150 valence electrons. The number of benzene rings is 1. The highest BCUT2D eigenvalue weighted by Crippen LogP contribution is 2.30. The van der Waals surface area contributed by atoms with Crippen LogP contribution < -0.4 is 4.90 Å². The Labute approximate surface area is 171 Å². The molecule has 0 N–H and O–H groups in total. The van der Waals surface area contributed by atoms with Gasteiger partial charge in [-0.2, -0.15) is 0 Å². The number of nitrogens with zero attached hydrogens (tertiary/aromatic N) is 5. The molecule has 1 unspecified atom stereocenters. The van der Waals surface area contributed by atoms with Gasteiger partial charge in [-0.15, -0.1) is 0 Å². The highest BCUT2D eigenvalue weighted by molar-refractivity contribution is 6.08. The van der Waals surface area contributed by atoms with Crippen LogP contribution in [0.4, 0.5) is 5.95 Å². The Morgan fingerprint density at radius 1 is 1.17 bits per heavy atom. The molecule has 6 nitrogen and oxygen atoms in total. The highest BCUT2D eigenvalue weighted by Gasteiger charge is 2.28. The summed E-state index contributed by atoms with van der Waals surface area (Å²) in [6.45, 7) is 7.07. The summed E-state index contributed by atoms with van der Waals surface area (Å²) in [5.74, 6) is 0.724. The number of pyridine rings is 1. The first-order valence-corrected chi connectivity index (χ1v) is 10.1. The van der Waals surface area contributed by atoms with Crippen molar-refractivity contribution in [2.75, 3.05) is 25.5 Å². The highest BCUT2D eigenvalue weighted by atomic mass is 16.2. The van der Waals surface area contributed by atoms with Gasteiger partial charge in [-0.3, -0.25) is 4.79 Å². The minimum atomic E-state index is 0.0812. The molecule has 2 aromatic heterocycles. The molecular weight excluding hydrogens is 362 g/mol. The van der Waals surface area contributed by atoms with E-state index in [0.29, 0.717) is 11.5 Å². The van der Waals surface area contributed by atoms with Gasteiger partial charge in [0.05, 0.1) is 16.8 Å². The van der Waals surface area contributed by atoms with Crippen molar-refractivity contribution in [3.8, 4) is 11.3 Å². The number of carbonyl (C=O) groups excluding carboxylic acids is 1. The largest absolute Gasteiger partial charge is 0.347 e. The van der Waals surface area contributed by atoms with E-state index in [4.69, 9.17) is 4.98 Å². The van der Waals surface area contributed by atoms with Gasteiger partial charge in [0.25, 0.3) is 5.91 Å². The summed E-state index contributed by atoms with van der Waals surface area (Å²) in [5, 5.41) is 0.909. The Hall–Kier alpha value is -3.02. The molecule has 0 bridgehead atoms. The number of fused-ring (bicyclic) bond motifs is 1. The Balaban J connectivity index is 1.89. The SMILES string of the molecule is Cc1ccc2c(C(=O)N3CCCC3C)cc(-c3cnc(N(C)C)nc3)nc2c1C. The lowest BCUT2D eigenvalue weighted by molar-refractivity contribution is 0.0749. The minimum Gasteiger partial charge on any atom is -0.347 e. The Bertz CT molecular complexity index is 1070. The quantitative estimate of drug-likeness (QED) is 0.678. The molecule has 4 rings (SSSR count). The van der Waals surface area contributed by atoms with Crippen molar-refractivity contribution in [2.45, 2.75) is 39.7 Å². The van der Waals surface area contributed by atoms with Crippen LogP contribution in [0, 0.1) is 13.8 Å². The molecular formula is C23H27N5O. The zero-order valence-electron chi connectivity index (χ0n) is 17.7. The second kappa shape index (κ2) is 7.43. The van der Waals surface area contributed by atoms with Crippen LogP contribution >= 0.6 is 0 Å². The van der Waals surface area contributed by atoms with Crippen LogP contribution in [-0.2, 0) is 0 Å². The topological polar surface area (TPSA) is 62.2 Å². The normalized spacial score (nSPS) is 16.4. The number of aromatic nitrogens is 3. The van der Waals surface area contributed by atoms with Gasteiger partial charge in [0.2, 0.25) is 5.95 Å². The number of amides is 1. The van der Waals surface area contributed by atoms with Crippen LogP contribution in [0.15, 0.2) is 30.6 Å². The molecule has 0 spiro atoms. The van der Waals surface area contributed by atoms with Gasteiger partial charge in [-0.25, -0.2) is 15.0 Å². The Morgan fingerprint density at radius 2 is 1.90 bits per heavy atom. The first-order valence-electron chi connectivity index (χ1n) is 10.1. The van der Waals surface area contributed by atoms with Gasteiger partial charge in [-0.1, -0.05) is 12.1 Å². The average Bonchev–Trinajstić information content (AvgIpc) is 3.15. The smallest absolute Gasteiger partial charge is 0.254 e. The predicted octanol–water partition coefficient (Wildman–Crippen LogP) is 4.00. The maximum Gasteiger partial charge on any atom is 0.254 e. The lowest BCUT2D eigenvalue weighted by Gasteiger charge is -2.23. The fraction of sp³-hybridized carbons (Fsp3) is 0.391. The van der Waals surface area contributed by atoms with Crippen LogP contribution in [0.1, 0.15) is 41.3 Å². The van der Waals surface area contributed by atoms with Crippen LogP contribution in [0.5, 0.6) is 0 Å². The molecule has 0 aliphatic carbocycles. The minimum absolute atomic E-state index is 0.0812. The third kappa shape index (κ3) is 3.43. The lowest BCUT2D eigenvalue weighted by Crippen LogP contribution is -2.33. The second-order valence-corrected chi connectivity index (χ2v) is 8.11. The molecule has 1 atom stereocenters. The number of rotatable bonds is 3. The van der Waals surface area contributed by atoms with Crippen LogP contribution in [-0.4, -0.2) is 52.4 Å². The molecule has 1 amide bonds. The molecule has 29 heavy (non-hydrogen) atoms. The van der Waals surface area contributed by atoms with Crippen LogP contribution in [0.3, 0.4) is 0 Å². The molecule has 3 aromatic rings. The average molecular weight is 390 g/mol. The van der Waals surface area contributed by atoms with E-state index in [-0.39, 0.29) is 11.9 Å². The number of anilines is 1. The van der Waals surface area contributed by atoms with E-state index in [1.54, 1.807) is 12.4 Å². The lowest BCUT2D eigenvalue weighted by atomic mass is 9.99. The van der Waals surface area contributed by atoms with Gasteiger partial charge >= 0.3 is 0 Å². The maximum absolute atomic E-state index is 13.5. The molecule has 1 aliphatic heterocycles. The maximum atomic E-state index is 13.5. The molecule has 3 heterocycles. The van der Waals surface area contributed by atoms with E-state index in [1.807, 2.05) is 36.0 Å². The summed E-state index contributed by atoms with van der Waals surface area (Å²) < 4.78 is 0. The third-order valence-corrected chi connectivity index (χ3v) is 5.88. The van der Waals surface area contributed by atoms with Crippen molar-refractivity contribution in [3.63, 3.8) is 0 Å². The number of carbonyl (C=O) groups is 1. The van der Waals surface area contributed by atoms with Gasteiger partial charge in [0, 0.05) is 50.0 Å². The summed E-state index contributed by atoms with van der Waals surface area (Å²) in [5.41, 5.74) is 5.37. The third-order valence-electron chi connectivity index (χ3n) is 5.88. The second-order valence-electron chi connectivity index (χ2n) is 8.11. The van der Waals surface area contributed by atoms with E-state index < -0.39 is 0 Å². The van der Waals surface area contributed by atoms with Gasteiger partial charge in [0.15, 0.2) is 0 Å². The summed E-state index contributed by atoms with van der Waals surface area (Å²) in [6, 6.07) is 6.26. The molecule has 0 radical (unpaired) electrons. The van der Waals surface area contributed by atoms with Crippen molar-refractivity contribution in [3.05, 3.63) is 47.3 Å². The molecule has 1 saturated heterocycles. The first kappa shape index (κ1) is 19.3. The van der Waals surface area contributed by atoms with Crippen molar-refractivity contribution >= 4 is 22.8 Å². The number of hydrogen-bond acceptors (Lipinski definition) is 5. The standard InChI is InChI=1S/C23H27N5O/c1-14-8-9-18-19(22(29)28-10-6-7-15(28)2)11-20(26-21(18)16(14)3)17-12-24-23(25-13-17)27(4)5/h8-9,11-13,15H,6-7,10H2,1-5H3. The van der Waals surface area contributed by atoms with Crippen LogP contribution in [0.25, 0.3) is 22.2 Å². The Kier molecular flexibility index (Phi) is 4.94. The van der Waals surface area contributed by atoms with E-state index in [9.17, 15) is 4.79 Å². The monoisotopic (exact) mass is 389 g/mol. The fourth-order valence-electron chi connectivity index (χ4n) is 3.93. The van der Waals surface area contributed by atoms with Crippen LogP contribution in [0.2, 0.25) is 0 Å². The molecule has 1 aromatic carbocycles. The Morgan fingerprint density at radius 3 is 2.52 bits per heavy atom. The van der Waals surface area contributed by atoms with E-state index >= 15 is 0 Å². The van der Waals surface area contributed by atoms with E-state index in [1.165, 1.54) is 0 Å². The van der Waals surface area contributed by atoms with Crippen molar-refractivity contribution in [1.29, 1.82) is 0 Å². The zero-order chi connectivity index (χ0) is 20.7. The van der Waals surface area contributed by atoms with Gasteiger partial charge in [-0.05, 0) is 50.8 Å². The number of hydrogen-bond donors (Lipinski definition) is 0. The van der Waals surface area contributed by atoms with Crippen molar-refractivity contribution < 1.29 is 4.79 Å². The predicted molar refractivity (Wildman–Crippen MR) is 116 cm³/mol. The summed E-state index contributed by atoms with van der Waals surface area (Å²) in [7, 11) is 3.81. The van der Waals surface area contributed by atoms with E-state index in [0.717, 1.165) is 52.7 Å². The number of likely N-dealkylation sites (tertiary alicyclic amines) is 1. The summed E-state index contributed by atoms with van der Waals surface area (Å²) >= 11 is 0. The molecule has 1 aliphatic rings. The molecule has 1 fully saturated rings. The number of aryl methyl sites for hydroxylation is 2. The first-order chi connectivity index (χ1) is 13.9. The van der Waals surface area contributed by atoms with Crippen molar-refractivity contribution in [1.82, 2.24) is 19.9 Å². The zero-order valence-corrected chi connectivity index (χ0v) is 17.7.